The second-order valence-corrected chi connectivity index (χ2v) is 7.86. The largest absolute Gasteiger partial charge is 0.534 e. The molecule has 0 unspecified atom stereocenters. The first kappa shape index (κ1) is 20.5. The fourth-order valence-electron chi connectivity index (χ4n) is 2.93. The number of halogens is 3. The molecule has 1 fully saturated rings. The van der Waals surface area contributed by atoms with E-state index in [9.17, 15) is 26.4 Å². The summed E-state index contributed by atoms with van der Waals surface area (Å²) in [5, 5.41) is 0. The monoisotopic (exact) mass is 394 g/mol. The Labute approximate surface area is 150 Å². The average molecular weight is 394 g/mol. The Morgan fingerprint density at radius 3 is 2.31 bits per heavy atom. The molecule has 0 bridgehead atoms. The molecule has 0 saturated heterocycles. The zero-order valence-corrected chi connectivity index (χ0v) is 15.0. The highest BCUT2D eigenvalue weighted by Gasteiger charge is 2.48. The van der Waals surface area contributed by atoms with Crippen LogP contribution in [-0.4, -0.2) is 43.9 Å². The first-order valence-electron chi connectivity index (χ1n) is 8.13. The van der Waals surface area contributed by atoms with Gasteiger partial charge in [0.05, 0.1) is 6.04 Å². The summed E-state index contributed by atoms with van der Waals surface area (Å²) in [5.41, 5.74) is 1.04. The number of nitrogens with two attached hydrogens (primary N) is 1. The lowest BCUT2D eigenvalue weighted by Gasteiger charge is -2.27. The van der Waals surface area contributed by atoms with E-state index in [2.05, 4.69) is 4.18 Å². The summed E-state index contributed by atoms with van der Waals surface area (Å²) in [4.78, 5) is 14.0. The van der Waals surface area contributed by atoms with E-state index in [4.69, 9.17) is 5.73 Å². The van der Waals surface area contributed by atoms with Gasteiger partial charge in [-0.15, -0.1) is 0 Å². The quantitative estimate of drug-likeness (QED) is 0.590. The molecule has 1 atom stereocenters. The van der Waals surface area contributed by atoms with Crippen LogP contribution in [-0.2, 0) is 21.3 Å². The zero-order chi connectivity index (χ0) is 19.5. The highest BCUT2D eigenvalue weighted by atomic mass is 32.2. The third-order valence-electron chi connectivity index (χ3n) is 4.41. The number of hydrogen-bond donors (Lipinski definition) is 1. The molecule has 1 aromatic carbocycles. The molecule has 1 aliphatic rings. The van der Waals surface area contributed by atoms with E-state index in [1.807, 2.05) is 0 Å². The molecule has 0 aromatic heterocycles. The molecular formula is C16H21F3N2O4S. The van der Waals surface area contributed by atoms with Gasteiger partial charge < -0.3 is 14.8 Å². The van der Waals surface area contributed by atoms with E-state index in [0.29, 0.717) is 5.56 Å². The average Bonchev–Trinajstić information content (AvgIpc) is 3.08. The van der Waals surface area contributed by atoms with Gasteiger partial charge in [0, 0.05) is 13.1 Å². The van der Waals surface area contributed by atoms with Gasteiger partial charge in [-0.3, -0.25) is 4.79 Å². The Balaban J connectivity index is 1.97. The molecule has 1 aliphatic carbocycles. The molecule has 6 nitrogen and oxygen atoms in total. The SMILES string of the molecule is CN(C(=O)[C@@H](N)Cc1ccc(OS(=O)(=O)C(F)(F)F)cc1)C1CCCC1. The summed E-state index contributed by atoms with van der Waals surface area (Å²) in [6, 6.07) is 4.35. The molecule has 0 spiro atoms. The standard InChI is InChI=1S/C16H21F3N2O4S/c1-21(12-4-2-3-5-12)15(22)14(20)10-11-6-8-13(9-7-11)25-26(23,24)16(17,18)19/h6-9,12,14H,2-5,10,20H2,1H3/t14-/m0/s1. The first-order chi connectivity index (χ1) is 12.0. The van der Waals surface area contributed by atoms with E-state index in [1.54, 1.807) is 11.9 Å². The van der Waals surface area contributed by atoms with Gasteiger partial charge in [-0.05, 0) is 37.0 Å². The minimum Gasteiger partial charge on any atom is -0.376 e. The van der Waals surface area contributed by atoms with Gasteiger partial charge in [0.1, 0.15) is 5.75 Å². The van der Waals surface area contributed by atoms with E-state index in [-0.39, 0.29) is 18.4 Å². The van der Waals surface area contributed by atoms with E-state index in [0.717, 1.165) is 37.8 Å². The van der Waals surface area contributed by atoms with Crippen LogP contribution in [0.3, 0.4) is 0 Å². The normalized spacial score (nSPS) is 17.1. The highest BCUT2D eigenvalue weighted by Crippen LogP contribution is 2.27. The van der Waals surface area contributed by atoms with Crippen LogP contribution in [0.2, 0.25) is 0 Å². The van der Waals surface area contributed by atoms with Crippen LogP contribution < -0.4 is 9.92 Å². The molecule has 26 heavy (non-hydrogen) atoms. The molecular weight excluding hydrogens is 373 g/mol. The number of rotatable bonds is 6. The fourth-order valence-corrected chi connectivity index (χ4v) is 3.39. The predicted molar refractivity (Wildman–Crippen MR) is 88.8 cm³/mol. The Kier molecular flexibility index (Phi) is 6.17. The molecule has 146 valence electrons. The molecule has 0 radical (unpaired) electrons. The number of hydrogen-bond acceptors (Lipinski definition) is 5. The van der Waals surface area contributed by atoms with Crippen molar-refractivity contribution >= 4 is 16.0 Å². The van der Waals surface area contributed by atoms with Crippen LogP contribution in [0.15, 0.2) is 24.3 Å². The Morgan fingerprint density at radius 2 is 1.81 bits per heavy atom. The Bertz CT molecular complexity index is 729. The van der Waals surface area contributed by atoms with Gasteiger partial charge in [0.2, 0.25) is 5.91 Å². The summed E-state index contributed by atoms with van der Waals surface area (Å²) in [7, 11) is -3.99. The number of carbonyl (C=O) groups excluding carboxylic acids is 1. The molecule has 0 heterocycles. The van der Waals surface area contributed by atoms with E-state index >= 15 is 0 Å². The number of alkyl halides is 3. The first-order valence-corrected chi connectivity index (χ1v) is 9.54. The minimum absolute atomic E-state index is 0.183. The number of carbonyl (C=O) groups is 1. The van der Waals surface area contributed by atoms with Crippen LogP contribution in [0.5, 0.6) is 5.75 Å². The minimum atomic E-state index is -5.71. The fraction of sp³-hybridized carbons (Fsp3) is 0.562. The Morgan fingerprint density at radius 1 is 1.27 bits per heavy atom. The van der Waals surface area contributed by atoms with Crippen molar-refractivity contribution in [1.29, 1.82) is 0 Å². The smallest absolute Gasteiger partial charge is 0.376 e. The molecule has 1 saturated carbocycles. The van der Waals surface area contributed by atoms with Crippen molar-refractivity contribution in [3.05, 3.63) is 29.8 Å². The predicted octanol–water partition coefficient (Wildman–Crippen LogP) is 2.19. The van der Waals surface area contributed by atoms with Gasteiger partial charge in [0.25, 0.3) is 0 Å². The van der Waals surface area contributed by atoms with Crippen molar-refractivity contribution in [3.8, 4) is 5.75 Å². The van der Waals surface area contributed by atoms with Crippen LogP contribution in [0.4, 0.5) is 13.2 Å². The van der Waals surface area contributed by atoms with Gasteiger partial charge >= 0.3 is 15.6 Å². The second kappa shape index (κ2) is 7.83. The van der Waals surface area contributed by atoms with Crippen LogP contribution in [0.25, 0.3) is 0 Å². The number of benzene rings is 1. The zero-order valence-electron chi connectivity index (χ0n) is 14.2. The van der Waals surface area contributed by atoms with Crippen LogP contribution in [0.1, 0.15) is 31.2 Å². The lowest BCUT2D eigenvalue weighted by Crippen LogP contribution is -2.46. The summed E-state index contributed by atoms with van der Waals surface area (Å²) >= 11 is 0. The van der Waals surface area contributed by atoms with Crippen molar-refractivity contribution in [2.24, 2.45) is 5.73 Å². The van der Waals surface area contributed by atoms with Crippen molar-refractivity contribution < 1.29 is 30.6 Å². The molecule has 2 rings (SSSR count). The number of nitrogens with zero attached hydrogens (tertiary/aromatic N) is 1. The maximum Gasteiger partial charge on any atom is 0.534 e. The summed E-state index contributed by atoms with van der Waals surface area (Å²) in [6.07, 6.45) is 4.26. The number of likely N-dealkylation sites (N-methyl/N-ethyl adjacent to an activating group) is 1. The summed E-state index contributed by atoms with van der Waals surface area (Å²) in [6.45, 7) is 0. The second-order valence-electron chi connectivity index (χ2n) is 6.33. The molecule has 2 N–H and O–H groups in total. The molecule has 0 aliphatic heterocycles. The lowest BCUT2D eigenvalue weighted by molar-refractivity contribution is -0.133. The maximum atomic E-state index is 12.4. The lowest BCUT2D eigenvalue weighted by atomic mass is 10.0. The van der Waals surface area contributed by atoms with Crippen molar-refractivity contribution in [1.82, 2.24) is 4.90 Å². The van der Waals surface area contributed by atoms with Crippen molar-refractivity contribution in [3.63, 3.8) is 0 Å². The molecule has 10 heteroatoms. The molecule has 1 amide bonds. The maximum absolute atomic E-state index is 12.4. The van der Waals surface area contributed by atoms with Crippen molar-refractivity contribution in [2.45, 2.75) is 49.7 Å². The number of amides is 1. The van der Waals surface area contributed by atoms with Gasteiger partial charge in [-0.25, -0.2) is 0 Å². The third-order valence-corrected chi connectivity index (χ3v) is 5.38. The van der Waals surface area contributed by atoms with Crippen LogP contribution in [0, 0.1) is 0 Å². The topological polar surface area (TPSA) is 89.7 Å². The van der Waals surface area contributed by atoms with Crippen LogP contribution >= 0.6 is 0 Å². The van der Waals surface area contributed by atoms with Gasteiger partial charge in [0.15, 0.2) is 0 Å². The van der Waals surface area contributed by atoms with Gasteiger partial charge in [-0.2, -0.15) is 21.6 Å². The van der Waals surface area contributed by atoms with Crippen molar-refractivity contribution in [2.75, 3.05) is 7.05 Å². The molecule has 1 aromatic rings. The summed E-state index contributed by atoms with van der Waals surface area (Å²) < 4.78 is 62.8. The van der Waals surface area contributed by atoms with E-state index in [1.165, 1.54) is 12.1 Å². The highest BCUT2D eigenvalue weighted by molar-refractivity contribution is 7.88. The third kappa shape index (κ3) is 4.88. The summed E-state index contributed by atoms with van der Waals surface area (Å²) in [5.74, 6) is -0.661. The van der Waals surface area contributed by atoms with E-state index < -0.39 is 27.4 Å². The Hall–Kier alpha value is -1.81. The van der Waals surface area contributed by atoms with Gasteiger partial charge in [-0.1, -0.05) is 25.0 Å².